The fraction of sp³-hybridized carbons (Fsp3) is 0.385. The Labute approximate surface area is 111 Å². The van der Waals surface area contributed by atoms with Crippen LogP contribution in [0.3, 0.4) is 0 Å². The van der Waals surface area contributed by atoms with E-state index < -0.39 is 6.10 Å². The van der Waals surface area contributed by atoms with E-state index in [-0.39, 0.29) is 6.61 Å². The van der Waals surface area contributed by atoms with Crippen LogP contribution in [0.25, 0.3) is 0 Å². The average molecular weight is 264 g/mol. The summed E-state index contributed by atoms with van der Waals surface area (Å²) in [5.41, 5.74) is 0.678. The van der Waals surface area contributed by atoms with E-state index in [1.165, 1.54) is 0 Å². The largest absolute Gasteiger partial charge is 0.497 e. The molecular formula is C13H16N2O4. The highest BCUT2D eigenvalue weighted by molar-refractivity contribution is 5.41. The van der Waals surface area contributed by atoms with Crippen molar-refractivity contribution in [3.8, 4) is 11.5 Å². The number of aliphatic hydroxyl groups excluding tert-OH is 1. The van der Waals surface area contributed by atoms with Crippen LogP contribution in [0.5, 0.6) is 11.5 Å². The number of hydrogen-bond acceptors (Lipinski definition) is 6. The summed E-state index contributed by atoms with van der Waals surface area (Å²) in [6.07, 6.45) is -0.634. The standard InChI is InChI=1S/C13H16N2O4/c1-8(16)11-5-4-10(17-3)6-12(11)18-7-13-15-14-9(2)19-13/h4-6,8,16H,7H2,1-3H3/t8-/m1/s1. The summed E-state index contributed by atoms with van der Waals surface area (Å²) in [4.78, 5) is 0. The summed E-state index contributed by atoms with van der Waals surface area (Å²) in [6, 6.07) is 5.24. The van der Waals surface area contributed by atoms with Gasteiger partial charge in [0.15, 0.2) is 6.61 Å². The second kappa shape index (κ2) is 5.71. The van der Waals surface area contributed by atoms with E-state index in [1.807, 2.05) is 0 Å². The molecule has 1 aromatic heterocycles. The van der Waals surface area contributed by atoms with Gasteiger partial charge in [-0.3, -0.25) is 0 Å². The zero-order valence-electron chi connectivity index (χ0n) is 11.1. The van der Waals surface area contributed by atoms with Crippen molar-refractivity contribution in [2.24, 2.45) is 0 Å². The number of aryl methyl sites for hydroxylation is 1. The topological polar surface area (TPSA) is 77.6 Å². The molecule has 1 atom stereocenters. The Hall–Kier alpha value is -2.08. The number of benzene rings is 1. The van der Waals surface area contributed by atoms with Gasteiger partial charge in [0.1, 0.15) is 11.5 Å². The Morgan fingerprint density at radius 2 is 2.16 bits per heavy atom. The van der Waals surface area contributed by atoms with Crippen molar-refractivity contribution in [3.63, 3.8) is 0 Å². The van der Waals surface area contributed by atoms with Gasteiger partial charge in [-0.15, -0.1) is 10.2 Å². The summed E-state index contributed by atoms with van der Waals surface area (Å²) in [5.74, 6) is 2.06. The van der Waals surface area contributed by atoms with E-state index in [9.17, 15) is 5.11 Å². The molecule has 0 amide bonds. The third-order valence-electron chi connectivity index (χ3n) is 2.59. The van der Waals surface area contributed by atoms with E-state index >= 15 is 0 Å². The highest BCUT2D eigenvalue weighted by atomic mass is 16.5. The van der Waals surface area contributed by atoms with Crippen LogP contribution in [0.1, 0.15) is 30.4 Å². The molecule has 0 unspecified atom stereocenters. The average Bonchev–Trinajstić information content (AvgIpc) is 2.81. The van der Waals surface area contributed by atoms with Crippen LogP contribution in [0.2, 0.25) is 0 Å². The first kappa shape index (κ1) is 13.4. The van der Waals surface area contributed by atoms with Crippen molar-refractivity contribution in [1.82, 2.24) is 10.2 Å². The number of hydrogen-bond donors (Lipinski definition) is 1. The second-order valence-corrected chi connectivity index (χ2v) is 4.08. The van der Waals surface area contributed by atoms with Crippen molar-refractivity contribution in [2.45, 2.75) is 26.6 Å². The van der Waals surface area contributed by atoms with Crippen LogP contribution < -0.4 is 9.47 Å². The summed E-state index contributed by atoms with van der Waals surface area (Å²) in [5, 5.41) is 17.3. The third kappa shape index (κ3) is 3.23. The Morgan fingerprint density at radius 1 is 1.37 bits per heavy atom. The molecule has 6 nitrogen and oxygen atoms in total. The molecule has 102 valence electrons. The Kier molecular flexibility index (Phi) is 4.01. The first-order chi connectivity index (χ1) is 9.10. The lowest BCUT2D eigenvalue weighted by Gasteiger charge is -2.13. The van der Waals surface area contributed by atoms with Crippen LogP contribution in [0.15, 0.2) is 22.6 Å². The van der Waals surface area contributed by atoms with Gasteiger partial charge in [0.25, 0.3) is 5.89 Å². The normalized spacial score (nSPS) is 12.2. The van der Waals surface area contributed by atoms with Gasteiger partial charge in [-0.25, -0.2) is 0 Å². The zero-order chi connectivity index (χ0) is 13.8. The number of methoxy groups -OCH3 is 1. The molecule has 0 bridgehead atoms. The van der Waals surface area contributed by atoms with Crippen molar-refractivity contribution >= 4 is 0 Å². The molecule has 19 heavy (non-hydrogen) atoms. The van der Waals surface area contributed by atoms with Crippen LogP contribution in [0.4, 0.5) is 0 Å². The molecule has 1 heterocycles. The minimum atomic E-state index is -0.634. The van der Waals surface area contributed by atoms with E-state index in [1.54, 1.807) is 39.2 Å². The maximum atomic E-state index is 9.70. The molecule has 0 aliphatic carbocycles. The molecule has 1 aromatic carbocycles. The molecule has 2 aromatic rings. The van der Waals surface area contributed by atoms with Gasteiger partial charge >= 0.3 is 0 Å². The van der Waals surface area contributed by atoms with Gasteiger partial charge in [-0.05, 0) is 19.1 Å². The monoisotopic (exact) mass is 264 g/mol. The molecule has 0 radical (unpaired) electrons. The second-order valence-electron chi connectivity index (χ2n) is 4.08. The molecule has 0 saturated heterocycles. The maximum Gasteiger partial charge on any atom is 0.253 e. The molecule has 2 rings (SSSR count). The number of aromatic nitrogens is 2. The number of aliphatic hydroxyl groups is 1. The molecule has 0 aliphatic rings. The van der Waals surface area contributed by atoms with E-state index in [0.717, 1.165) is 0 Å². The van der Waals surface area contributed by atoms with E-state index in [0.29, 0.717) is 28.8 Å². The quantitative estimate of drug-likeness (QED) is 0.890. The van der Waals surface area contributed by atoms with Gasteiger partial charge in [-0.1, -0.05) is 0 Å². The predicted octanol–water partition coefficient (Wildman–Crippen LogP) is 2.02. The van der Waals surface area contributed by atoms with Gasteiger partial charge < -0.3 is 19.0 Å². The lowest BCUT2D eigenvalue weighted by molar-refractivity contribution is 0.186. The van der Waals surface area contributed by atoms with Gasteiger partial charge in [0.2, 0.25) is 5.89 Å². The summed E-state index contributed by atoms with van der Waals surface area (Å²) in [6.45, 7) is 3.53. The van der Waals surface area contributed by atoms with E-state index in [2.05, 4.69) is 10.2 Å². The molecule has 0 aliphatic heterocycles. The van der Waals surface area contributed by atoms with Gasteiger partial charge in [0, 0.05) is 18.6 Å². The van der Waals surface area contributed by atoms with Crippen molar-refractivity contribution in [2.75, 3.05) is 7.11 Å². The smallest absolute Gasteiger partial charge is 0.253 e. The molecule has 0 fully saturated rings. The molecular weight excluding hydrogens is 248 g/mol. The van der Waals surface area contributed by atoms with Crippen LogP contribution in [0, 0.1) is 6.92 Å². The highest BCUT2D eigenvalue weighted by Gasteiger charge is 2.12. The molecule has 1 N–H and O–H groups in total. The maximum absolute atomic E-state index is 9.70. The van der Waals surface area contributed by atoms with Crippen molar-refractivity contribution in [3.05, 3.63) is 35.5 Å². The van der Waals surface area contributed by atoms with Gasteiger partial charge in [-0.2, -0.15) is 0 Å². The molecule has 6 heteroatoms. The fourth-order valence-electron chi connectivity index (χ4n) is 1.65. The van der Waals surface area contributed by atoms with Crippen molar-refractivity contribution < 1.29 is 19.0 Å². The lowest BCUT2D eigenvalue weighted by atomic mass is 10.1. The summed E-state index contributed by atoms with van der Waals surface area (Å²) < 4.78 is 16.0. The predicted molar refractivity (Wildman–Crippen MR) is 67.0 cm³/mol. The van der Waals surface area contributed by atoms with E-state index in [4.69, 9.17) is 13.9 Å². The Bertz CT molecular complexity index is 551. The molecule has 0 spiro atoms. The highest BCUT2D eigenvalue weighted by Crippen LogP contribution is 2.30. The number of nitrogens with zero attached hydrogens (tertiary/aromatic N) is 2. The summed E-state index contributed by atoms with van der Waals surface area (Å²) >= 11 is 0. The minimum absolute atomic E-state index is 0.147. The van der Waals surface area contributed by atoms with Gasteiger partial charge in [0.05, 0.1) is 13.2 Å². The third-order valence-corrected chi connectivity index (χ3v) is 2.59. The van der Waals surface area contributed by atoms with Crippen molar-refractivity contribution in [1.29, 1.82) is 0 Å². The number of rotatable bonds is 5. The Balaban J connectivity index is 2.17. The fourth-order valence-corrected chi connectivity index (χ4v) is 1.65. The Morgan fingerprint density at radius 3 is 2.74 bits per heavy atom. The van der Waals surface area contributed by atoms with Crippen LogP contribution in [-0.4, -0.2) is 22.4 Å². The first-order valence-electron chi connectivity index (χ1n) is 5.88. The molecule has 0 saturated carbocycles. The zero-order valence-corrected chi connectivity index (χ0v) is 11.1. The minimum Gasteiger partial charge on any atom is -0.497 e. The summed E-state index contributed by atoms with van der Waals surface area (Å²) in [7, 11) is 1.57. The van der Waals surface area contributed by atoms with Crippen LogP contribution in [-0.2, 0) is 6.61 Å². The first-order valence-corrected chi connectivity index (χ1v) is 5.88. The lowest BCUT2D eigenvalue weighted by Crippen LogP contribution is -2.02. The number of ether oxygens (including phenoxy) is 2. The van der Waals surface area contributed by atoms with Crippen LogP contribution >= 0.6 is 0 Å². The SMILES string of the molecule is COc1ccc([C@@H](C)O)c(OCc2nnc(C)o2)c1.